The Labute approximate surface area is 386 Å². The van der Waals surface area contributed by atoms with E-state index in [0.29, 0.717) is 18.8 Å². The first-order valence-corrected chi connectivity index (χ1v) is 24.8. The van der Waals surface area contributed by atoms with Gasteiger partial charge in [-0.2, -0.15) is 0 Å². The summed E-state index contributed by atoms with van der Waals surface area (Å²) in [5.74, 6) is -0.608. The number of aliphatic hydroxyl groups is 9. The molecule has 9 rings (SSSR count). The number of carbonyl (C=O) groups is 1. The molecule has 3 saturated heterocycles. The molecule has 5 saturated carbocycles. The molecule has 376 valence electrons. The maximum Gasteiger partial charge on any atom is 0.331 e. The maximum atomic E-state index is 12.6. The Kier molecular flexibility index (Phi) is 14.2. The van der Waals surface area contributed by atoms with Gasteiger partial charge in [0.15, 0.2) is 18.9 Å². The predicted molar refractivity (Wildman–Crippen MR) is 228 cm³/mol. The molecule has 18 heteroatoms. The van der Waals surface area contributed by atoms with Crippen molar-refractivity contribution < 1.29 is 88.6 Å². The van der Waals surface area contributed by atoms with Crippen molar-refractivity contribution in [1.29, 1.82) is 0 Å². The maximum absolute atomic E-state index is 12.6. The number of fused-ring (bicyclic) bond motifs is 5. The van der Waals surface area contributed by atoms with Crippen LogP contribution in [0.4, 0.5) is 0 Å². The zero-order chi connectivity index (χ0) is 47.2. The minimum absolute atomic E-state index is 0.0219. The van der Waals surface area contributed by atoms with Crippen LogP contribution in [0, 0.1) is 40.4 Å². The molecule has 0 bridgehead atoms. The van der Waals surface area contributed by atoms with Crippen molar-refractivity contribution in [2.45, 2.75) is 228 Å². The lowest BCUT2D eigenvalue weighted by Crippen LogP contribution is -2.67. The van der Waals surface area contributed by atoms with Gasteiger partial charge < -0.3 is 83.9 Å². The van der Waals surface area contributed by atoms with E-state index in [-0.39, 0.29) is 67.5 Å². The van der Waals surface area contributed by atoms with Crippen molar-refractivity contribution in [3.8, 4) is 0 Å². The summed E-state index contributed by atoms with van der Waals surface area (Å²) in [6.45, 7) is 9.42. The second-order valence-corrected chi connectivity index (χ2v) is 22.1. The van der Waals surface area contributed by atoms with Crippen LogP contribution in [-0.2, 0) is 42.7 Å². The highest BCUT2D eigenvalue weighted by Gasteiger charge is 2.71. The summed E-state index contributed by atoms with van der Waals surface area (Å²) in [7, 11) is 0. The number of aliphatic hydroxyl groups excluding tert-OH is 8. The monoisotopic (exact) mass is 941 g/mol. The van der Waals surface area contributed by atoms with Gasteiger partial charge in [-0.1, -0.05) is 13.8 Å². The topological polar surface area (TPSA) is 273 Å². The number of rotatable bonds is 10. The number of hydrogen-bond donors (Lipinski definition) is 9. The summed E-state index contributed by atoms with van der Waals surface area (Å²) in [5, 5.41) is 99.0. The molecule has 0 aromatic heterocycles. The van der Waals surface area contributed by atoms with E-state index in [1.165, 1.54) is 0 Å². The van der Waals surface area contributed by atoms with E-state index >= 15 is 0 Å². The molecule has 4 heterocycles. The lowest BCUT2D eigenvalue weighted by Gasteiger charge is -2.65. The van der Waals surface area contributed by atoms with E-state index in [4.69, 9.17) is 37.9 Å². The van der Waals surface area contributed by atoms with Gasteiger partial charge in [0.25, 0.3) is 0 Å². The highest BCUT2D eigenvalue weighted by Crippen LogP contribution is 2.70. The van der Waals surface area contributed by atoms with Crippen molar-refractivity contribution in [3.63, 3.8) is 0 Å². The molecule has 9 N–H and O–H groups in total. The van der Waals surface area contributed by atoms with E-state index in [9.17, 15) is 50.8 Å². The van der Waals surface area contributed by atoms with Crippen molar-refractivity contribution in [2.75, 3.05) is 13.2 Å². The van der Waals surface area contributed by atoms with Crippen LogP contribution in [0.1, 0.15) is 112 Å². The van der Waals surface area contributed by atoms with E-state index < -0.39 is 128 Å². The first kappa shape index (κ1) is 49.5. The minimum atomic E-state index is -1.52. The van der Waals surface area contributed by atoms with E-state index in [1.807, 2.05) is 13.8 Å². The second-order valence-electron chi connectivity index (χ2n) is 22.1. The van der Waals surface area contributed by atoms with Crippen molar-refractivity contribution >= 4 is 5.97 Å². The number of carbonyl (C=O) groups excluding carboxylic acids is 1. The van der Waals surface area contributed by atoms with E-state index in [0.717, 1.165) is 44.1 Å². The fraction of sp³-hybridized carbons (Fsp3) is 0.938. The van der Waals surface area contributed by atoms with Crippen LogP contribution in [0.25, 0.3) is 0 Å². The number of cyclic esters (lactones) is 1. The summed E-state index contributed by atoms with van der Waals surface area (Å²) < 4.78 is 48.8. The van der Waals surface area contributed by atoms with Crippen molar-refractivity contribution in [2.24, 2.45) is 40.4 Å². The molecule has 9 aliphatic rings. The molecule has 18 nitrogen and oxygen atoms in total. The molecule has 8 fully saturated rings. The third-order valence-corrected chi connectivity index (χ3v) is 18.6. The molecule has 0 aromatic carbocycles. The molecule has 26 atom stereocenters. The average molecular weight is 941 g/mol. The van der Waals surface area contributed by atoms with Gasteiger partial charge in [0.05, 0.1) is 66.6 Å². The highest BCUT2D eigenvalue weighted by molar-refractivity contribution is 5.85. The molecule has 0 amide bonds. The average Bonchev–Trinajstić information content (AvgIpc) is 3.82. The van der Waals surface area contributed by atoms with Gasteiger partial charge in [-0.05, 0) is 113 Å². The Hall–Kier alpha value is -1.43. The standard InChI is InChI=1S/C48H76O18/c1-21-43(64-34-12-24(19-49)40(55)42(57)41(34)56)31(50)17-38(61-21)65-45-23(3)62-39(18-33(45)52)66-44-22(2)60-37(16-32(44)51)63-27-8-10-46(4)26(14-27)6-7-29-30(46)15-35(53)47(5)28(9-11-48(29,47)58)25-13-36(54)59-20-25/h13,21-24,26-35,37-45,49-53,55-58H,6-12,14-20H2,1-5H3. The number of hydrogen-bond acceptors (Lipinski definition) is 18. The summed E-state index contributed by atoms with van der Waals surface area (Å²) in [5.41, 5.74) is -0.976. The highest BCUT2D eigenvalue weighted by atomic mass is 16.7. The molecule has 0 radical (unpaired) electrons. The molecular weight excluding hydrogens is 865 g/mol. The van der Waals surface area contributed by atoms with Crippen molar-refractivity contribution in [1.82, 2.24) is 0 Å². The molecule has 26 unspecified atom stereocenters. The Morgan fingerprint density at radius 2 is 1.23 bits per heavy atom. The van der Waals surface area contributed by atoms with Gasteiger partial charge in [0.2, 0.25) is 0 Å². The van der Waals surface area contributed by atoms with Crippen LogP contribution in [0.3, 0.4) is 0 Å². The third kappa shape index (κ3) is 8.65. The van der Waals surface area contributed by atoms with Crippen LogP contribution in [0.5, 0.6) is 0 Å². The molecule has 0 aromatic rings. The van der Waals surface area contributed by atoms with Crippen LogP contribution < -0.4 is 0 Å². The van der Waals surface area contributed by atoms with Gasteiger partial charge in [-0.15, -0.1) is 0 Å². The summed E-state index contributed by atoms with van der Waals surface area (Å²) in [6, 6.07) is 0. The van der Waals surface area contributed by atoms with Gasteiger partial charge in [-0.3, -0.25) is 0 Å². The summed E-state index contributed by atoms with van der Waals surface area (Å²) in [6.07, 6.45) is -7.87. The predicted octanol–water partition coefficient (Wildman–Crippen LogP) is 0.706. The van der Waals surface area contributed by atoms with Crippen LogP contribution in [0.2, 0.25) is 0 Å². The van der Waals surface area contributed by atoms with Gasteiger partial charge >= 0.3 is 5.97 Å². The third-order valence-electron chi connectivity index (χ3n) is 18.6. The fourth-order valence-corrected chi connectivity index (χ4v) is 14.8. The van der Waals surface area contributed by atoms with E-state index in [1.54, 1.807) is 19.9 Å². The molecule has 4 aliphatic heterocycles. The zero-order valence-corrected chi connectivity index (χ0v) is 39.0. The SMILES string of the molecule is CC1OC(OC2CCC3(C)C(CCC4C3CC(O)C3(C)C(C5=CC(=O)OC5)CCC43O)C2)CC(O)C1OC1CC(O)C(OC2CC(O)C(OC3CC(CO)C(O)C(O)C3O)C(C)O2)C(C)O1. The fourth-order valence-electron chi connectivity index (χ4n) is 14.8. The minimum Gasteiger partial charge on any atom is -0.458 e. The first-order valence-electron chi connectivity index (χ1n) is 24.8. The zero-order valence-electron chi connectivity index (χ0n) is 39.0. The Morgan fingerprint density at radius 3 is 1.77 bits per heavy atom. The van der Waals surface area contributed by atoms with Crippen LogP contribution in [-0.4, -0.2) is 181 Å². The van der Waals surface area contributed by atoms with Gasteiger partial charge in [0, 0.05) is 43.3 Å². The van der Waals surface area contributed by atoms with Gasteiger partial charge in [-0.25, -0.2) is 4.79 Å². The largest absolute Gasteiger partial charge is 0.458 e. The Bertz CT molecular complexity index is 1720. The summed E-state index contributed by atoms with van der Waals surface area (Å²) >= 11 is 0. The van der Waals surface area contributed by atoms with Gasteiger partial charge in [0.1, 0.15) is 37.1 Å². The first-order chi connectivity index (χ1) is 31.2. The van der Waals surface area contributed by atoms with Crippen LogP contribution in [0.15, 0.2) is 11.6 Å². The molecule has 0 spiro atoms. The van der Waals surface area contributed by atoms with Crippen LogP contribution >= 0.6 is 0 Å². The quantitative estimate of drug-likeness (QED) is 0.108. The molecular formula is C48H76O18. The van der Waals surface area contributed by atoms with Crippen molar-refractivity contribution in [3.05, 3.63) is 11.6 Å². The number of ether oxygens (including phenoxy) is 8. The molecule has 5 aliphatic carbocycles. The second kappa shape index (κ2) is 19.0. The van der Waals surface area contributed by atoms with E-state index in [2.05, 4.69) is 6.92 Å². The normalized spacial score (nSPS) is 55.3. The summed E-state index contributed by atoms with van der Waals surface area (Å²) in [4.78, 5) is 12.0. The number of esters is 1. The Balaban J connectivity index is 0.737. The molecule has 66 heavy (non-hydrogen) atoms. The smallest absolute Gasteiger partial charge is 0.331 e. The lowest BCUT2D eigenvalue weighted by molar-refractivity contribution is -0.339. The Morgan fingerprint density at radius 1 is 0.652 bits per heavy atom. The lowest BCUT2D eigenvalue weighted by atomic mass is 9.42.